The minimum Gasteiger partial charge on any atom is -0.443 e. The van der Waals surface area contributed by atoms with Crippen molar-refractivity contribution in [3.63, 3.8) is 0 Å². The zero-order valence-corrected chi connectivity index (χ0v) is 27.0. The average Bonchev–Trinajstić information content (AvgIpc) is 3.52. The van der Waals surface area contributed by atoms with E-state index in [0.717, 1.165) is 55.5 Å². The van der Waals surface area contributed by atoms with Crippen LogP contribution in [-0.2, 0) is 14.3 Å². The SMILES string of the molecule is CC(C)(C)OC(=O)n1c(-c2ccccc2NC(=O)C2CCC2)cnc1N.Cl.Nc1ncc(-c2ccccc2NC(=O)C2CCC2)[nH]1. The van der Waals surface area contributed by atoms with Gasteiger partial charge in [0.15, 0.2) is 5.95 Å². The molecule has 2 amide bonds. The Morgan fingerprint density at radius 2 is 1.35 bits per heavy atom. The summed E-state index contributed by atoms with van der Waals surface area (Å²) >= 11 is 0. The first kappa shape index (κ1) is 34.0. The number of nitrogen functional groups attached to an aromatic ring is 2. The molecule has 7 N–H and O–H groups in total. The van der Waals surface area contributed by atoms with Crippen molar-refractivity contribution in [2.24, 2.45) is 11.8 Å². The Labute approximate surface area is 274 Å². The zero-order chi connectivity index (χ0) is 32.1. The van der Waals surface area contributed by atoms with Gasteiger partial charge >= 0.3 is 6.09 Å². The first-order chi connectivity index (χ1) is 21.5. The van der Waals surface area contributed by atoms with Gasteiger partial charge in [-0.2, -0.15) is 0 Å². The zero-order valence-electron chi connectivity index (χ0n) is 26.2. The van der Waals surface area contributed by atoms with Gasteiger partial charge in [-0.05, 0) is 58.6 Å². The topological polar surface area (TPSA) is 183 Å². The molecule has 0 unspecified atom stereocenters. The Kier molecular flexibility index (Phi) is 10.7. The number of imidazole rings is 2. The lowest BCUT2D eigenvalue weighted by Gasteiger charge is -2.25. The van der Waals surface area contributed by atoms with Crippen LogP contribution in [-0.4, -0.2) is 43.0 Å². The Morgan fingerprint density at radius 3 is 1.83 bits per heavy atom. The molecule has 2 aromatic heterocycles. The number of carbonyl (C=O) groups excluding carboxylic acids is 3. The van der Waals surface area contributed by atoms with Crippen molar-refractivity contribution in [2.75, 3.05) is 22.1 Å². The molecule has 2 aliphatic carbocycles. The molecule has 244 valence electrons. The van der Waals surface area contributed by atoms with E-state index in [9.17, 15) is 14.4 Å². The van der Waals surface area contributed by atoms with Crippen molar-refractivity contribution in [3.05, 3.63) is 60.9 Å². The maximum Gasteiger partial charge on any atom is 0.421 e. The van der Waals surface area contributed by atoms with E-state index in [2.05, 4.69) is 25.6 Å². The summed E-state index contributed by atoms with van der Waals surface area (Å²) in [5.41, 5.74) is 15.1. The van der Waals surface area contributed by atoms with Crippen molar-refractivity contribution in [1.29, 1.82) is 0 Å². The van der Waals surface area contributed by atoms with Crippen molar-refractivity contribution < 1.29 is 19.1 Å². The third-order valence-corrected chi connectivity index (χ3v) is 7.85. The highest BCUT2D eigenvalue weighted by Gasteiger charge is 2.28. The molecule has 12 nitrogen and oxygen atoms in total. The van der Waals surface area contributed by atoms with Gasteiger partial charge in [0, 0.05) is 23.0 Å². The van der Waals surface area contributed by atoms with E-state index in [-0.39, 0.29) is 42.0 Å². The number of anilines is 4. The molecule has 2 aromatic carbocycles. The number of aromatic amines is 1. The summed E-state index contributed by atoms with van der Waals surface area (Å²) in [6, 6.07) is 14.9. The number of benzene rings is 2. The predicted octanol–water partition coefficient (Wildman–Crippen LogP) is 6.47. The first-order valence-electron chi connectivity index (χ1n) is 15.2. The summed E-state index contributed by atoms with van der Waals surface area (Å²) in [7, 11) is 0. The molecule has 2 aliphatic rings. The number of halogens is 1. The van der Waals surface area contributed by atoms with Crippen LogP contribution < -0.4 is 22.1 Å². The van der Waals surface area contributed by atoms with Crippen LogP contribution in [0.4, 0.5) is 28.1 Å². The molecule has 0 saturated heterocycles. The molecule has 13 heteroatoms. The molecule has 6 rings (SSSR count). The molecule has 4 aromatic rings. The van der Waals surface area contributed by atoms with E-state index in [0.29, 0.717) is 22.9 Å². The van der Waals surface area contributed by atoms with Gasteiger partial charge in [0.25, 0.3) is 0 Å². The number of nitrogens with two attached hydrogens (primary N) is 2. The van der Waals surface area contributed by atoms with Crippen LogP contribution in [0.2, 0.25) is 0 Å². The van der Waals surface area contributed by atoms with E-state index in [1.54, 1.807) is 33.0 Å². The number of nitrogens with one attached hydrogen (secondary N) is 3. The molecule has 0 atom stereocenters. The van der Waals surface area contributed by atoms with E-state index in [4.69, 9.17) is 16.2 Å². The second-order valence-corrected chi connectivity index (χ2v) is 12.3. The second-order valence-electron chi connectivity index (χ2n) is 12.3. The summed E-state index contributed by atoms with van der Waals surface area (Å²) in [5, 5.41) is 5.95. The number of rotatable bonds is 6. The number of H-pyrrole nitrogens is 1. The normalized spacial score (nSPS) is 14.4. The van der Waals surface area contributed by atoms with Crippen LogP contribution in [0.15, 0.2) is 60.9 Å². The lowest BCUT2D eigenvalue weighted by Crippen LogP contribution is -2.29. The number of aromatic nitrogens is 4. The summed E-state index contributed by atoms with van der Waals surface area (Å²) in [5.74, 6) is 0.736. The fourth-order valence-corrected chi connectivity index (χ4v) is 4.98. The molecule has 0 radical (unpaired) electrons. The molecule has 2 heterocycles. The summed E-state index contributed by atoms with van der Waals surface area (Å²) in [6.07, 6.45) is 8.61. The third kappa shape index (κ3) is 8.05. The van der Waals surface area contributed by atoms with Crippen molar-refractivity contribution in [3.8, 4) is 22.5 Å². The average molecular weight is 649 g/mol. The fraction of sp³-hybridized carbons (Fsp3) is 0.364. The van der Waals surface area contributed by atoms with Crippen LogP contribution in [0.1, 0.15) is 59.3 Å². The largest absolute Gasteiger partial charge is 0.443 e. The quantitative estimate of drug-likeness (QED) is 0.157. The van der Waals surface area contributed by atoms with Gasteiger partial charge in [-0.25, -0.2) is 19.3 Å². The summed E-state index contributed by atoms with van der Waals surface area (Å²) in [4.78, 5) is 47.9. The van der Waals surface area contributed by atoms with Gasteiger partial charge < -0.3 is 31.8 Å². The van der Waals surface area contributed by atoms with Gasteiger partial charge in [0.05, 0.1) is 35.2 Å². The highest BCUT2D eigenvalue weighted by Crippen LogP contribution is 2.33. The Balaban J connectivity index is 0.000000213. The standard InChI is InChI=1S/C19H24N4O3.C14H16N4O.ClH/c1-19(2,3)26-18(25)23-15(11-21-17(23)20)13-9-4-5-10-14(13)22-16(24)12-7-6-8-12;15-14-16-8-12(18-14)10-6-1-2-7-11(10)17-13(19)9-4-3-5-9;/h4-5,9-12H,6-8H2,1-3H3,(H2,20,21)(H,22,24);1-2,6-9H,3-5H2,(H,17,19)(H3,15,16,18);1H. The summed E-state index contributed by atoms with van der Waals surface area (Å²) in [6.45, 7) is 5.35. The smallest absolute Gasteiger partial charge is 0.421 e. The molecule has 0 aliphatic heterocycles. The van der Waals surface area contributed by atoms with Gasteiger partial charge in [0.2, 0.25) is 17.8 Å². The molecule has 46 heavy (non-hydrogen) atoms. The van der Waals surface area contributed by atoms with E-state index < -0.39 is 11.7 Å². The molecular formula is C33H41ClN8O4. The van der Waals surface area contributed by atoms with Crippen molar-refractivity contribution in [1.82, 2.24) is 19.5 Å². The minimum absolute atomic E-state index is 0. The van der Waals surface area contributed by atoms with Crippen LogP contribution >= 0.6 is 12.4 Å². The highest BCUT2D eigenvalue weighted by atomic mass is 35.5. The Bertz CT molecular complexity index is 1680. The van der Waals surface area contributed by atoms with Crippen LogP contribution in [0, 0.1) is 11.8 Å². The lowest BCUT2D eigenvalue weighted by atomic mass is 9.84. The van der Waals surface area contributed by atoms with Crippen molar-refractivity contribution in [2.45, 2.75) is 64.9 Å². The second kappa shape index (κ2) is 14.5. The lowest BCUT2D eigenvalue weighted by molar-refractivity contribution is -0.122. The number of carbonyl (C=O) groups is 3. The Morgan fingerprint density at radius 1 is 0.826 bits per heavy atom. The minimum atomic E-state index is -0.664. The Hall–Kier alpha value is -4.84. The third-order valence-electron chi connectivity index (χ3n) is 7.85. The molecular weight excluding hydrogens is 608 g/mol. The van der Waals surface area contributed by atoms with Gasteiger partial charge in [-0.1, -0.05) is 49.2 Å². The van der Waals surface area contributed by atoms with E-state index in [1.807, 2.05) is 42.5 Å². The number of hydrogen-bond acceptors (Lipinski definition) is 8. The first-order valence-corrected chi connectivity index (χ1v) is 15.2. The number of nitrogens with zero attached hydrogens (tertiary/aromatic N) is 3. The van der Waals surface area contributed by atoms with E-state index >= 15 is 0 Å². The number of ether oxygens (including phenoxy) is 1. The number of para-hydroxylation sites is 2. The maximum absolute atomic E-state index is 12.6. The molecule has 2 saturated carbocycles. The summed E-state index contributed by atoms with van der Waals surface area (Å²) < 4.78 is 6.65. The molecule has 0 spiro atoms. The highest BCUT2D eigenvalue weighted by molar-refractivity contribution is 5.98. The van der Waals surface area contributed by atoms with Gasteiger partial charge in [-0.3, -0.25) is 9.59 Å². The van der Waals surface area contributed by atoms with Crippen LogP contribution in [0.3, 0.4) is 0 Å². The van der Waals surface area contributed by atoms with Crippen LogP contribution in [0.25, 0.3) is 22.5 Å². The maximum atomic E-state index is 12.6. The van der Waals surface area contributed by atoms with Gasteiger partial charge in [-0.15, -0.1) is 12.4 Å². The predicted molar refractivity (Wildman–Crippen MR) is 181 cm³/mol. The van der Waals surface area contributed by atoms with Crippen LogP contribution in [0.5, 0.6) is 0 Å². The molecule has 2 fully saturated rings. The molecule has 0 bridgehead atoms. The van der Waals surface area contributed by atoms with Gasteiger partial charge in [0.1, 0.15) is 5.60 Å². The monoisotopic (exact) mass is 648 g/mol. The number of amides is 2. The van der Waals surface area contributed by atoms with E-state index in [1.165, 1.54) is 10.8 Å². The number of hydrogen-bond donors (Lipinski definition) is 5. The van der Waals surface area contributed by atoms with Crippen molar-refractivity contribution >= 4 is 53.6 Å². The fourth-order valence-electron chi connectivity index (χ4n) is 4.98.